The molecule has 2 heterocycles. The first-order chi connectivity index (χ1) is 7.68. The van der Waals surface area contributed by atoms with Crippen molar-refractivity contribution < 1.29 is 24.1 Å². The van der Waals surface area contributed by atoms with E-state index in [0.29, 0.717) is 39.3 Å². The topological polar surface area (TPSA) is 57.2 Å². The summed E-state index contributed by atoms with van der Waals surface area (Å²) in [4.78, 5) is 0. The maximum atomic E-state index is 9.76. The summed E-state index contributed by atoms with van der Waals surface area (Å²) in [6, 6.07) is 0. The molecule has 0 aromatic carbocycles. The Labute approximate surface area is 94.6 Å². The second kappa shape index (κ2) is 3.40. The van der Waals surface area contributed by atoms with E-state index < -0.39 is 17.0 Å². The molecule has 1 aliphatic carbocycles. The minimum atomic E-state index is -0.730. The molecular weight excluding hydrogens is 212 g/mol. The Morgan fingerprint density at radius 2 is 1.25 bits per heavy atom. The van der Waals surface area contributed by atoms with Gasteiger partial charge in [-0.25, -0.2) is 0 Å². The van der Waals surface area contributed by atoms with Crippen LogP contribution in [0.3, 0.4) is 0 Å². The van der Waals surface area contributed by atoms with Gasteiger partial charge in [0.1, 0.15) is 0 Å². The van der Waals surface area contributed by atoms with E-state index in [4.69, 9.17) is 18.9 Å². The molecule has 0 atom stereocenters. The zero-order valence-corrected chi connectivity index (χ0v) is 9.53. The minimum Gasteiger partial charge on any atom is -0.395 e. The van der Waals surface area contributed by atoms with Crippen molar-refractivity contribution in [2.45, 2.75) is 31.3 Å². The Bertz CT molecular complexity index is 254. The highest BCUT2D eigenvalue weighted by Crippen LogP contribution is 2.59. The monoisotopic (exact) mass is 230 g/mol. The molecule has 3 fully saturated rings. The van der Waals surface area contributed by atoms with Gasteiger partial charge in [-0.15, -0.1) is 0 Å². The van der Waals surface area contributed by atoms with Gasteiger partial charge < -0.3 is 24.1 Å². The van der Waals surface area contributed by atoms with Crippen molar-refractivity contribution in [3.63, 3.8) is 0 Å². The molecule has 0 amide bonds. The van der Waals surface area contributed by atoms with Crippen LogP contribution in [0.2, 0.25) is 0 Å². The van der Waals surface area contributed by atoms with Gasteiger partial charge in [-0.05, 0) is 6.92 Å². The standard InChI is InChI=1S/C11H18O5/c1-9(8-12)10(13-4-5-14-10)2-3-11(9)15-6-7-16-11/h12H,2-8H2,1H3. The van der Waals surface area contributed by atoms with E-state index in [-0.39, 0.29) is 6.61 Å². The molecule has 0 unspecified atom stereocenters. The Hall–Kier alpha value is -0.200. The smallest absolute Gasteiger partial charge is 0.181 e. The molecule has 16 heavy (non-hydrogen) atoms. The third kappa shape index (κ3) is 1.08. The second-order valence-electron chi connectivity index (χ2n) is 4.89. The molecule has 0 aromatic heterocycles. The van der Waals surface area contributed by atoms with Gasteiger partial charge in [0.2, 0.25) is 0 Å². The molecule has 2 aliphatic heterocycles. The van der Waals surface area contributed by atoms with E-state index in [1.165, 1.54) is 0 Å². The summed E-state index contributed by atoms with van der Waals surface area (Å²) >= 11 is 0. The van der Waals surface area contributed by atoms with Crippen LogP contribution in [0.5, 0.6) is 0 Å². The fourth-order valence-corrected chi connectivity index (χ4v) is 3.25. The van der Waals surface area contributed by atoms with Crippen LogP contribution in [0.25, 0.3) is 0 Å². The van der Waals surface area contributed by atoms with Gasteiger partial charge in [-0.2, -0.15) is 0 Å². The van der Waals surface area contributed by atoms with Crippen LogP contribution >= 0.6 is 0 Å². The fourth-order valence-electron chi connectivity index (χ4n) is 3.25. The van der Waals surface area contributed by atoms with E-state index >= 15 is 0 Å². The molecule has 2 saturated heterocycles. The van der Waals surface area contributed by atoms with E-state index in [2.05, 4.69) is 0 Å². The van der Waals surface area contributed by atoms with Crippen LogP contribution in [-0.2, 0) is 18.9 Å². The van der Waals surface area contributed by atoms with E-state index in [1.54, 1.807) is 0 Å². The van der Waals surface area contributed by atoms with Crippen molar-refractivity contribution in [2.75, 3.05) is 33.0 Å². The maximum Gasteiger partial charge on any atom is 0.181 e. The van der Waals surface area contributed by atoms with Crippen molar-refractivity contribution in [1.29, 1.82) is 0 Å². The van der Waals surface area contributed by atoms with Gasteiger partial charge >= 0.3 is 0 Å². The first kappa shape index (κ1) is 10.9. The Morgan fingerprint density at radius 3 is 1.56 bits per heavy atom. The van der Waals surface area contributed by atoms with Crippen molar-refractivity contribution >= 4 is 0 Å². The highest BCUT2D eigenvalue weighted by atomic mass is 16.8. The molecule has 0 bridgehead atoms. The quantitative estimate of drug-likeness (QED) is 0.700. The molecule has 3 rings (SSSR count). The van der Waals surface area contributed by atoms with Gasteiger partial charge in [-0.3, -0.25) is 0 Å². The fraction of sp³-hybridized carbons (Fsp3) is 1.00. The van der Waals surface area contributed by atoms with Gasteiger partial charge in [0.05, 0.1) is 38.4 Å². The third-order valence-electron chi connectivity index (χ3n) is 4.29. The second-order valence-corrected chi connectivity index (χ2v) is 4.89. The predicted molar refractivity (Wildman–Crippen MR) is 53.7 cm³/mol. The lowest BCUT2D eigenvalue weighted by atomic mass is 9.80. The number of ether oxygens (including phenoxy) is 4. The van der Waals surface area contributed by atoms with Crippen LogP contribution in [0.4, 0.5) is 0 Å². The van der Waals surface area contributed by atoms with Crippen LogP contribution in [0.1, 0.15) is 19.8 Å². The predicted octanol–water partition coefficient (Wildman–Crippen LogP) is 0.265. The number of aliphatic hydroxyl groups excluding tert-OH is 1. The normalized spacial score (nSPS) is 34.1. The number of hydrogen-bond acceptors (Lipinski definition) is 5. The van der Waals surface area contributed by atoms with Crippen LogP contribution in [0, 0.1) is 5.41 Å². The number of hydrogen-bond donors (Lipinski definition) is 1. The average Bonchev–Trinajstić information content (AvgIpc) is 2.99. The van der Waals surface area contributed by atoms with Crippen molar-refractivity contribution in [2.24, 2.45) is 5.41 Å². The minimum absolute atomic E-state index is 0.0625. The van der Waals surface area contributed by atoms with Crippen molar-refractivity contribution in [3.05, 3.63) is 0 Å². The average molecular weight is 230 g/mol. The Kier molecular flexibility index (Phi) is 2.32. The molecule has 0 aromatic rings. The SMILES string of the molecule is CC1(CO)C2(CCC13OCCO3)OCCO2. The summed E-state index contributed by atoms with van der Waals surface area (Å²) in [6.07, 6.45) is 1.42. The van der Waals surface area contributed by atoms with Gasteiger partial charge in [0, 0.05) is 12.8 Å². The molecular formula is C11H18O5. The first-order valence-electron chi connectivity index (χ1n) is 5.85. The highest BCUT2D eigenvalue weighted by molar-refractivity contribution is 5.10. The van der Waals surface area contributed by atoms with E-state index in [0.717, 1.165) is 0 Å². The Morgan fingerprint density at radius 1 is 0.875 bits per heavy atom. The Balaban J connectivity index is 1.99. The number of rotatable bonds is 1. The molecule has 0 radical (unpaired) electrons. The zero-order chi connectivity index (χ0) is 11.3. The van der Waals surface area contributed by atoms with Crippen LogP contribution in [-0.4, -0.2) is 49.7 Å². The largest absolute Gasteiger partial charge is 0.395 e. The van der Waals surface area contributed by atoms with E-state index in [1.807, 2.05) is 6.92 Å². The molecule has 1 N–H and O–H groups in total. The zero-order valence-electron chi connectivity index (χ0n) is 9.53. The summed E-state index contributed by atoms with van der Waals surface area (Å²) < 4.78 is 23.0. The molecule has 5 heteroatoms. The maximum absolute atomic E-state index is 9.76. The van der Waals surface area contributed by atoms with Crippen molar-refractivity contribution in [3.8, 4) is 0 Å². The summed E-state index contributed by atoms with van der Waals surface area (Å²) in [5, 5.41) is 9.76. The van der Waals surface area contributed by atoms with Gasteiger partial charge in [0.25, 0.3) is 0 Å². The highest BCUT2D eigenvalue weighted by Gasteiger charge is 2.71. The lowest BCUT2D eigenvalue weighted by Crippen LogP contribution is -2.57. The van der Waals surface area contributed by atoms with Crippen LogP contribution in [0.15, 0.2) is 0 Å². The molecule has 1 saturated carbocycles. The molecule has 3 aliphatic rings. The number of aliphatic hydroxyl groups is 1. The summed E-state index contributed by atoms with van der Waals surface area (Å²) in [6.45, 7) is 4.16. The first-order valence-corrected chi connectivity index (χ1v) is 5.85. The van der Waals surface area contributed by atoms with E-state index in [9.17, 15) is 5.11 Å². The molecule has 2 spiro atoms. The summed E-state index contributed by atoms with van der Waals surface area (Å²) in [5.74, 6) is -1.46. The van der Waals surface area contributed by atoms with Gasteiger partial charge in [0.15, 0.2) is 11.6 Å². The molecule has 92 valence electrons. The van der Waals surface area contributed by atoms with Crippen molar-refractivity contribution in [1.82, 2.24) is 0 Å². The van der Waals surface area contributed by atoms with Gasteiger partial charge in [-0.1, -0.05) is 0 Å². The summed E-state index contributed by atoms with van der Waals surface area (Å²) in [7, 11) is 0. The third-order valence-corrected chi connectivity index (χ3v) is 4.29. The van der Waals surface area contributed by atoms with Crippen LogP contribution < -0.4 is 0 Å². The molecule has 5 nitrogen and oxygen atoms in total. The lowest BCUT2D eigenvalue weighted by Gasteiger charge is -2.44. The summed E-state index contributed by atoms with van der Waals surface area (Å²) in [5.41, 5.74) is -0.646. The lowest BCUT2D eigenvalue weighted by molar-refractivity contribution is -0.308.